The predicted octanol–water partition coefficient (Wildman–Crippen LogP) is 1.30. The topological polar surface area (TPSA) is 90.2 Å². The zero-order chi connectivity index (χ0) is 18.7. The van der Waals surface area contributed by atoms with Gasteiger partial charge in [0.1, 0.15) is 30.5 Å². The second-order valence-corrected chi connectivity index (χ2v) is 6.98. The normalized spacial score (nSPS) is 28.9. The molecule has 1 aliphatic heterocycles. The Labute approximate surface area is 153 Å². The highest BCUT2D eigenvalue weighted by molar-refractivity contribution is 5.29. The molecule has 0 bridgehead atoms. The molecule has 5 nitrogen and oxygen atoms in total. The Kier molecular flexibility index (Phi) is 6.06. The molecule has 1 fully saturated rings. The van der Waals surface area contributed by atoms with Gasteiger partial charge in [-0.15, -0.1) is 0 Å². The number of benzene rings is 2. The molecule has 4 N–H and O–H groups in total. The Morgan fingerprint density at radius 2 is 1.50 bits per heavy atom. The van der Waals surface area contributed by atoms with E-state index in [1.165, 1.54) is 11.1 Å². The third-order valence-electron chi connectivity index (χ3n) is 4.96. The van der Waals surface area contributed by atoms with Crippen molar-refractivity contribution in [1.82, 2.24) is 0 Å². The summed E-state index contributed by atoms with van der Waals surface area (Å²) in [5, 5.41) is 39.5. The van der Waals surface area contributed by atoms with Gasteiger partial charge in [0.25, 0.3) is 0 Å². The van der Waals surface area contributed by atoms with Crippen molar-refractivity contribution in [2.24, 2.45) is 0 Å². The van der Waals surface area contributed by atoms with Crippen molar-refractivity contribution in [3.05, 3.63) is 70.8 Å². The summed E-state index contributed by atoms with van der Waals surface area (Å²) >= 11 is 0. The van der Waals surface area contributed by atoms with E-state index in [-0.39, 0.29) is 0 Å². The van der Waals surface area contributed by atoms with Crippen LogP contribution in [0.2, 0.25) is 0 Å². The molecular formula is C21H26O5. The number of rotatable bonds is 5. The fourth-order valence-electron chi connectivity index (χ4n) is 3.46. The highest BCUT2D eigenvalue weighted by Crippen LogP contribution is 2.32. The summed E-state index contributed by atoms with van der Waals surface area (Å²) in [5.74, 6) is 0. The Bertz CT molecular complexity index is 730. The molecule has 1 heterocycles. The minimum atomic E-state index is -1.36. The van der Waals surface area contributed by atoms with Crippen LogP contribution in [-0.2, 0) is 17.6 Å². The summed E-state index contributed by atoms with van der Waals surface area (Å²) in [4.78, 5) is 0. The van der Waals surface area contributed by atoms with Gasteiger partial charge in [-0.1, -0.05) is 54.1 Å². The lowest BCUT2D eigenvalue weighted by Gasteiger charge is -2.40. The molecule has 1 aliphatic rings. The molecule has 0 unspecified atom stereocenters. The first-order chi connectivity index (χ1) is 12.5. The minimum absolute atomic E-state index is 0.422. The van der Waals surface area contributed by atoms with Gasteiger partial charge in [-0.25, -0.2) is 0 Å². The molecule has 0 aromatic heterocycles. The summed E-state index contributed by atoms with van der Waals surface area (Å²) in [5.41, 5.74) is 4.32. The van der Waals surface area contributed by atoms with Crippen molar-refractivity contribution in [2.75, 3.05) is 6.61 Å². The summed E-state index contributed by atoms with van der Waals surface area (Å²) in [6, 6.07) is 16.1. The van der Waals surface area contributed by atoms with Gasteiger partial charge in [0.05, 0.1) is 6.61 Å². The van der Waals surface area contributed by atoms with Crippen LogP contribution in [0.3, 0.4) is 0 Å². The number of hydrogen-bond acceptors (Lipinski definition) is 5. The van der Waals surface area contributed by atoms with E-state index < -0.39 is 37.1 Å². The maximum Gasteiger partial charge on any atom is 0.113 e. The van der Waals surface area contributed by atoms with Gasteiger partial charge < -0.3 is 25.2 Å². The Hall–Kier alpha value is -1.76. The maximum atomic E-state index is 10.3. The quantitative estimate of drug-likeness (QED) is 0.647. The molecule has 0 radical (unpaired) electrons. The smallest absolute Gasteiger partial charge is 0.113 e. The number of aryl methyl sites for hydroxylation is 3. The van der Waals surface area contributed by atoms with Crippen LogP contribution in [0, 0.1) is 6.92 Å². The highest BCUT2D eigenvalue weighted by Gasteiger charge is 2.43. The highest BCUT2D eigenvalue weighted by atomic mass is 16.5. The molecule has 3 rings (SSSR count). The Morgan fingerprint density at radius 1 is 0.846 bits per heavy atom. The molecule has 0 saturated carbocycles. The lowest BCUT2D eigenvalue weighted by molar-refractivity contribution is -0.231. The molecule has 140 valence electrons. The van der Waals surface area contributed by atoms with Gasteiger partial charge in [-0.05, 0) is 36.5 Å². The van der Waals surface area contributed by atoms with E-state index >= 15 is 0 Å². The molecule has 0 aliphatic carbocycles. The summed E-state index contributed by atoms with van der Waals surface area (Å²) in [6.07, 6.45) is -3.88. The standard InChI is InChI=1S/C21H26O5/c1-13-4-2-5-14(10-13)8-9-15-6-3-7-16(11-15)21-20(25)19(24)18(23)17(12-22)26-21/h2-7,10-11,17-25H,8-9,12H2,1H3/t17-,18-,19+,20-,21+/m1/s1. The molecule has 0 amide bonds. The van der Waals surface area contributed by atoms with Crippen LogP contribution >= 0.6 is 0 Å². The second kappa shape index (κ2) is 8.29. The summed E-state index contributed by atoms with van der Waals surface area (Å²) in [7, 11) is 0. The van der Waals surface area contributed by atoms with E-state index in [0.29, 0.717) is 0 Å². The van der Waals surface area contributed by atoms with E-state index in [0.717, 1.165) is 24.0 Å². The lowest BCUT2D eigenvalue weighted by atomic mass is 9.90. The van der Waals surface area contributed by atoms with Gasteiger partial charge in [-0.3, -0.25) is 0 Å². The van der Waals surface area contributed by atoms with E-state index in [1.54, 1.807) is 0 Å². The third-order valence-corrected chi connectivity index (χ3v) is 4.96. The van der Waals surface area contributed by atoms with E-state index in [2.05, 4.69) is 31.2 Å². The van der Waals surface area contributed by atoms with Crippen molar-refractivity contribution in [3.63, 3.8) is 0 Å². The van der Waals surface area contributed by atoms with Gasteiger partial charge in [0.2, 0.25) is 0 Å². The fourth-order valence-corrected chi connectivity index (χ4v) is 3.46. The molecule has 2 aromatic rings. The summed E-state index contributed by atoms with van der Waals surface area (Å²) in [6.45, 7) is 1.65. The summed E-state index contributed by atoms with van der Waals surface area (Å²) < 4.78 is 5.64. The first-order valence-electron chi connectivity index (χ1n) is 8.94. The molecule has 2 aromatic carbocycles. The molecule has 5 heteroatoms. The van der Waals surface area contributed by atoms with Crippen LogP contribution in [-0.4, -0.2) is 51.4 Å². The van der Waals surface area contributed by atoms with E-state index in [1.807, 2.05) is 24.3 Å². The van der Waals surface area contributed by atoms with Crippen LogP contribution in [0.15, 0.2) is 48.5 Å². The second-order valence-electron chi connectivity index (χ2n) is 6.98. The molecular weight excluding hydrogens is 332 g/mol. The van der Waals surface area contributed by atoms with Crippen molar-refractivity contribution in [2.45, 2.75) is 50.3 Å². The largest absolute Gasteiger partial charge is 0.394 e. The van der Waals surface area contributed by atoms with Crippen molar-refractivity contribution < 1.29 is 25.2 Å². The van der Waals surface area contributed by atoms with Gasteiger partial charge in [0.15, 0.2) is 0 Å². The van der Waals surface area contributed by atoms with Crippen molar-refractivity contribution in [1.29, 1.82) is 0 Å². The SMILES string of the molecule is Cc1cccc(CCc2cccc([C@@H]3O[C@H](CO)[C@@H](O)[C@H](O)[C@H]3O)c2)c1. The molecule has 0 spiro atoms. The number of ether oxygens (including phenoxy) is 1. The average molecular weight is 358 g/mol. The zero-order valence-corrected chi connectivity index (χ0v) is 14.8. The van der Waals surface area contributed by atoms with Gasteiger partial charge in [-0.2, -0.15) is 0 Å². The van der Waals surface area contributed by atoms with Crippen molar-refractivity contribution >= 4 is 0 Å². The molecule has 5 atom stereocenters. The Balaban J connectivity index is 1.74. The van der Waals surface area contributed by atoms with E-state index in [9.17, 15) is 20.4 Å². The molecule has 26 heavy (non-hydrogen) atoms. The first-order valence-corrected chi connectivity index (χ1v) is 8.94. The fraction of sp³-hybridized carbons (Fsp3) is 0.429. The van der Waals surface area contributed by atoms with Gasteiger partial charge >= 0.3 is 0 Å². The van der Waals surface area contributed by atoms with Crippen LogP contribution in [0.25, 0.3) is 0 Å². The van der Waals surface area contributed by atoms with Gasteiger partial charge in [0, 0.05) is 0 Å². The number of aliphatic hydroxyl groups is 4. The van der Waals surface area contributed by atoms with Crippen LogP contribution in [0.5, 0.6) is 0 Å². The first kappa shape index (κ1) is 19.0. The third kappa shape index (κ3) is 4.14. The van der Waals surface area contributed by atoms with Crippen LogP contribution < -0.4 is 0 Å². The maximum absolute atomic E-state index is 10.3. The Morgan fingerprint density at radius 3 is 2.15 bits per heavy atom. The number of aliphatic hydroxyl groups excluding tert-OH is 4. The lowest BCUT2D eigenvalue weighted by Crippen LogP contribution is -2.55. The van der Waals surface area contributed by atoms with Crippen LogP contribution in [0.1, 0.15) is 28.4 Å². The van der Waals surface area contributed by atoms with E-state index in [4.69, 9.17) is 4.74 Å². The number of hydrogen-bond donors (Lipinski definition) is 4. The minimum Gasteiger partial charge on any atom is -0.394 e. The average Bonchev–Trinajstić information content (AvgIpc) is 2.65. The zero-order valence-electron chi connectivity index (χ0n) is 14.8. The predicted molar refractivity (Wildman–Crippen MR) is 97.7 cm³/mol. The monoisotopic (exact) mass is 358 g/mol. The molecule has 1 saturated heterocycles. The van der Waals surface area contributed by atoms with Crippen LogP contribution in [0.4, 0.5) is 0 Å². The van der Waals surface area contributed by atoms with Crippen molar-refractivity contribution in [3.8, 4) is 0 Å².